The van der Waals surface area contributed by atoms with Crippen LogP contribution in [-0.4, -0.2) is 10.8 Å². The summed E-state index contributed by atoms with van der Waals surface area (Å²) in [4.78, 5) is 10.4. The van der Waals surface area contributed by atoms with E-state index in [1.807, 2.05) is 0 Å². The normalized spacial score (nSPS) is 22.8. The molecule has 3 heteroatoms. The molecule has 1 aromatic carbocycles. The van der Waals surface area contributed by atoms with Crippen LogP contribution in [0.1, 0.15) is 42.7 Å². The van der Waals surface area contributed by atoms with Gasteiger partial charge >= 0.3 is 0 Å². The maximum Gasteiger partial charge on any atom is 0.211 e. The summed E-state index contributed by atoms with van der Waals surface area (Å²) in [6.45, 7) is 3.83. The number of benzene rings is 1. The Balaban J connectivity index is 1.99. The second kappa shape index (κ2) is 7.08. The van der Waals surface area contributed by atoms with Crippen LogP contribution in [0.15, 0.2) is 30.8 Å². The molecular weight excluding hydrogens is 349 g/mol. The van der Waals surface area contributed by atoms with Gasteiger partial charge in [0.2, 0.25) is 6.41 Å². The number of hydrogen-bond acceptors (Lipinski definition) is 1. The van der Waals surface area contributed by atoms with Crippen molar-refractivity contribution < 1.29 is 4.79 Å². The average molecular weight is 369 g/mol. The fourth-order valence-corrected chi connectivity index (χ4v) is 3.64. The van der Waals surface area contributed by atoms with Crippen LogP contribution in [0.25, 0.3) is 5.70 Å². The number of hydrogen-bond donors (Lipinski definition) is 1. The van der Waals surface area contributed by atoms with Crippen LogP contribution in [-0.2, 0) is 4.79 Å². The van der Waals surface area contributed by atoms with Gasteiger partial charge in [-0.3, -0.25) is 4.79 Å². The molecule has 0 radical (unpaired) electrons. The van der Waals surface area contributed by atoms with Crippen molar-refractivity contribution >= 4 is 34.7 Å². The molecule has 1 saturated carbocycles. The molecule has 1 fully saturated rings. The zero-order valence-corrected chi connectivity index (χ0v) is 13.2. The van der Waals surface area contributed by atoms with Gasteiger partial charge < -0.3 is 5.32 Å². The number of halogens is 1. The molecule has 0 saturated heterocycles. The zero-order valence-electron chi connectivity index (χ0n) is 11.1. The Kier molecular flexibility index (Phi) is 5.43. The van der Waals surface area contributed by atoms with Gasteiger partial charge in [-0.1, -0.05) is 53.4 Å². The quantitative estimate of drug-likeness (QED) is 0.472. The van der Waals surface area contributed by atoms with Gasteiger partial charge in [0.05, 0.1) is 0 Å². The van der Waals surface area contributed by atoms with Gasteiger partial charge in [-0.15, -0.1) is 0 Å². The third-order valence-corrected chi connectivity index (χ3v) is 5.27. The maximum atomic E-state index is 10.4. The Morgan fingerprint density at radius 1 is 1.26 bits per heavy atom. The molecule has 1 N–H and O–H groups in total. The summed E-state index contributed by atoms with van der Waals surface area (Å²) in [5.74, 6) is 1.63. The highest BCUT2D eigenvalue weighted by atomic mass is 127. The van der Waals surface area contributed by atoms with E-state index in [0.29, 0.717) is 18.0 Å². The lowest BCUT2D eigenvalue weighted by atomic mass is 9.79. The van der Waals surface area contributed by atoms with Crippen LogP contribution in [0.5, 0.6) is 0 Å². The van der Waals surface area contributed by atoms with Crippen molar-refractivity contribution in [2.45, 2.75) is 31.6 Å². The molecule has 0 unspecified atom stereocenters. The van der Waals surface area contributed by atoms with Crippen molar-refractivity contribution in [3.8, 4) is 0 Å². The minimum Gasteiger partial charge on any atom is -0.329 e. The van der Waals surface area contributed by atoms with E-state index >= 15 is 0 Å². The van der Waals surface area contributed by atoms with E-state index in [2.05, 4.69) is 58.8 Å². The highest BCUT2D eigenvalue weighted by Gasteiger charge is 2.21. The fraction of sp³-hybridized carbons (Fsp3) is 0.438. The highest BCUT2D eigenvalue weighted by molar-refractivity contribution is 14.1. The third kappa shape index (κ3) is 3.81. The van der Waals surface area contributed by atoms with Crippen LogP contribution in [0.4, 0.5) is 0 Å². The summed E-state index contributed by atoms with van der Waals surface area (Å²) in [6.07, 6.45) is 5.99. The van der Waals surface area contributed by atoms with E-state index in [1.54, 1.807) is 0 Å². The SMILES string of the molecule is C=C(NC=O)c1ccc(C2CCC(CI)CC2)cc1. The van der Waals surface area contributed by atoms with E-state index in [0.717, 1.165) is 11.5 Å². The number of alkyl halides is 1. The van der Waals surface area contributed by atoms with E-state index in [1.165, 1.54) is 35.7 Å². The van der Waals surface area contributed by atoms with Gasteiger partial charge in [0.25, 0.3) is 0 Å². The second-order valence-electron chi connectivity index (χ2n) is 5.23. The summed E-state index contributed by atoms with van der Waals surface area (Å²) in [5, 5.41) is 2.60. The Morgan fingerprint density at radius 3 is 2.42 bits per heavy atom. The Labute approximate surface area is 128 Å². The molecule has 2 nitrogen and oxygen atoms in total. The van der Waals surface area contributed by atoms with E-state index in [4.69, 9.17) is 0 Å². The Morgan fingerprint density at radius 2 is 1.89 bits per heavy atom. The van der Waals surface area contributed by atoms with E-state index in [-0.39, 0.29) is 0 Å². The smallest absolute Gasteiger partial charge is 0.211 e. The Hall–Kier alpha value is -0.840. The maximum absolute atomic E-state index is 10.4. The van der Waals surface area contributed by atoms with Crippen LogP contribution >= 0.6 is 22.6 Å². The van der Waals surface area contributed by atoms with Gasteiger partial charge in [-0.25, -0.2) is 0 Å². The van der Waals surface area contributed by atoms with Crippen molar-refractivity contribution in [2.75, 3.05) is 4.43 Å². The first-order valence-electron chi connectivity index (χ1n) is 6.80. The van der Waals surface area contributed by atoms with E-state index in [9.17, 15) is 4.79 Å². The molecule has 0 bridgehead atoms. The van der Waals surface area contributed by atoms with Gasteiger partial charge in [-0.2, -0.15) is 0 Å². The Bertz CT molecular complexity index is 433. The van der Waals surface area contributed by atoms with Crippen molar-refractivity contribution in [3.05, 3.63) is 42.0 Å². The number of carbonyl (C=O) groups is 1. The standard InChI is InChI=1S/C16H20INO/c1-12(18-11-19)14-6-8-16(9-7-14)15-4-2-13(10-17)3-5-15/h6-9,11,13,15H,1-5,10H2,(H,18,19). The minimum atomic E-state index is 0.662. The zero-order chi connectivity index (χ0) is 13.7. The fourth-order valence-electron chi connectivity index (χ4n) is 2.76. The van der Waals surface area contributed by atoms with Crippen LogP contribution in [0, 0.1) is 5.92 Å². The molecular formula is C16H20INO. The molecule has 0 atom stereocenters. The van der Waals surface area contributed by atoms with Gasteiger partial charge in [0.15, 0.2) is 0 Å². The second-order valence-corrected chi connectivity index (χ2v) is 6.12. The lowest BCUT2D eigenvalue weighted by Crippen LogP contribution is -2.14. The molecule has 2 rings (SSSR count). The van der Waals surface area contributed by atoms with Gasteiger partial charge in [-0.05, 0) is 48.6 Å². The first kappa shape index (κ1) is 14.6. The molecule has 1 amide bonds. The number of carbonyl (C=O) groups excluding carboxylic acids is 1. The lowest BCUT2D eigenvalue weighted by molar-refractivity contribution is -0.108. The van der Waals surface area contributed by atoms with Crippen LogP contribution in [0.3, 0.4) is 0 Å². The number of rotatable bonds is 5. The summed E-state index contributed by atoms with van der Waals surface area (Å²) >= 11 is 2.50. The first-order chi connectivity index (χ1) is 9.24. The lowest BCUT2D eigenvalue weighted by Gasteiger charge is -2.27. The minimum absolute atomic E-state index is 0.662. The number of nitrogens with one attached hydrogen (secondary N) is 1. The molecule has 1 aliphatic rings. The first-order valence-corrected chi connectivity index (χ1v) is 8.32. The predicted molar refractivity (Wildman–Crippen MR) is 88.3 cm³/mol. The highest BCUT2D eigenvalue weighted by Crippen LogP contribution is 2.36. The topological polar surface area (TPSA) is 29.1 Å². The molecule has 102 valence electrons. The number of amides is 1. The average Bonchev–Trinajstić information content (AvgIpc) is 2.48. The summed E-state index contributed by atoms with van der Waals surface area (Å²) in [6, 6.07) is 8.47. The molecule has 1 aliphatic carbocycles. The van der Waals surface area contributed by atoms with Crippen molar-refractivity contribution in [2.24, 2.45) is 5.92 Å². The van der Waals surface area contributed by atoms with Gasteiger partial charge in [0.1, 0.15) is 0 Å². The van der Waals surface area contributed by atoms with Crippen LogP contribution in [0.2, 0.25) is 0 Å². The largest absolute Gasteiger partial charge is 0.329 e. The molecule has 1 aromatic rings. The molecule has 19 heavy (non-hydrogen) atoms. The monoisotopic (exact) mass is 369 g/mol. The molecule has 0 spiro atoms. The summed E-state index contributed by atoms with van der Waals surface area (Å²) in [7, 11) is 0. The summed E-state index contributed by atoms with van der Waals surface area (Å²) in [5.41, 5.74) is 3.07. The molecule has 0 heterocycles. The van der Waals surface area contributed by atoms with Crippen molar-refractivity contribution in [1.29, 1.82) is 0 Å². The summed E-state index contributed by atoms with van der Waals surface area (Å²) < 4.78 is 1.29. The van der Waals surface area contributed by atoms with E-state index < -0.39 is 0 Å². The third-order valence-electron chi connectivity index (χ3n) is 4.03. The van der Waals surface area contributed by atoms with Gasteiger partial charge in [0, 0.05) is 10.1 Å². The predicted octanol–water partition coefficient (Wildman–Crippen LogP) is 4.11. The molecule has 0 aromatic heterocycles. The molecule has 0 aliphatic heterocycles. The van der Waals surface area contributed by atoms with Crippen LogP contribution < -0.4 is 5.32 Å². The van der Waals surface area contributed by atoms with Crippen molar-refractivity contribution in [3.63, 3.8) is 0 Å². The van der Waals surface area contributed by atoms with Crippen molar-refractivity contribution in [1.82, 2.24) is 5.32 Å².